The van der Waals surface area contributed by atoms with Crippen LogP contribution in [-0.4, -0.2) is 9.97 Å². The van der Waals surface area contributed by atoms with E-state index in [4.69, 9.17) is 0 Å². The van der Waals surface area contributed by atoms with E-state index in [-0.39, 0.29) is 0 Å². The predicted octanol–water partition coefficient (Wildman–Crippen LogP) is 2.48. The molecule has 0 saturated heterocycles. The van der Waals surface area contributed by atoms with E-state index in [2.05, 4.69) is 38.6 Å². The molecule has 0 atom stereocenters. The van der Waals surface area contributed by atoms with Crippen molar-refractivity contribution in [1.82, 2.24) is 9.97 Å². The zero-order chi connectivity index (χ0) is 7.84. The Morgan fingerprint density at radius 2 is 2.27 bits per heavy atom. The van der Waals surface area contributed by atoms with E-state index in [1.54, 1.807) is 0 Å². The van der Waals surface area contributed by atoms with E-state index in [9.17, 15) is 0 Å². The van der Waals surface area contributed by atoms with E-state index in [1.165, 1.54) is 0 Å². The van der Waals surface area contributed by atoms with Crippen LogP contribution in [0.2, 0.25) is 0 Å². The fourth-order valence-corrected chi connectivity index (χ4v) is 1.57. The molecular weight excluding hydrogens is 251 g/mol. The van der Waals surface area contributed by atoms with Crippen LogP contribution in [0.5, 0.6) is 0 Å². The Morgan fingerprint density at radius 3 is 3.09 bits per heavy atom. The summed E-state index contributed by atoms with van der Waals surface area (Å²) in [5.41, 5.74) is 3.33. The lowest BCUT2D eigenvalue weighted by Crippen LogP contribution is -1.75. The molecule has 3 heteroatoms. The molecule has 0 amide bonds. The Bertz CT molecular complexity index is 392. The number of aryl methyl sites for hydroxylation is 1. The Kier molecular flexibility index (Phi) is 1.60. The van der Waals surface area contributed by atoms with Crippen LogP contribution in [0.15, 0.2) is 18.3 Å². The van der Waals surface area contributed by atoms with Gasteiger partial charge in [0.05, 0.1) is 11.0 Å². The van der Waals surface area contributed by atoms with Gasteiger partial charge in [-0.05, 0) is 41.6 Å². The third kappa shape index (κ3) is 1.24. The number of hydrogen-bond donors (Lipinski definition) is 1. The minimum Gasteiger partial charge on any atom is -0.357 e. The Hall–Kier alpha value is -0.580. The molecule has 0 aliphatic heterocycles. The lowest BCUT2D eigenvalue weighted by Gasteiger charge is -1.88. The first kappa shape index (κ1) is 7.09. The normalized spacial score (nSPS) is 10.7. The van der Waals surface area contributed by atoms with Crippen LogP contribution in [0.4, 0.5) is 0 Å². The number of aromatic nitrogens is 2. The van der Waals surface area contributed by atoms with Gasteiger partial charge < -0.3 is 4.98 Å². The maximum absolute atomic E-state index is 4.26. The first-order valence-corrected chi connectivity index (χ1v) is 4.44. The SMILES string of the molecule is Cc1cc2ncc(I)cc2[nH]1. The number of hydrogen-bond acceptors (Lipinski definition) is 1. The van der Waals surface area contributed by atoms with Gasteiger partial charge in [0, 0.05) is 15.5 Å². The summed E-state index contributed by atoms with van der Waals surface area (Å²) in [6.07, 6.45) is 1.87. The fourth-order valence-electron chi connectivity index (χ4n) is 1.12. The third-order valence-electron chi connectivity index (χ3n) is 1.57. The molecule has 2 nitrogen and oxygen atoms in total. The predicted molar refractivity (Wildman–Crippen MR) is 53.5 cm³/mol. The van der Waals surface area contributed by atoms with Gasteiger partial charge in [-0.1, -0.05) is 0 Å². The van der Waals surface area contributed by atoms with Gasteiger partial charge >= 0.3 is 0 Å². The van der Waals surface area contributed by atoms with Crippen molar-refractivity contribution < 1.29 is 0 Å². The summed E-state index contributed by atoms with van der Waals surface area (Å²) in [7, 11) is 0. The minimum absolute atomic E-state index is 1.04. The molecule has 0 radical (unpaired) electrons. The standard InChI is InChI=1S/C8H7IN2/c1-5-2-7-8(11-5)3-6(9)4-10-7/h2-4,11H,1H3. The Morgan fingerprint density at radius 1 is 1.45 bits per heavy atom. The Balaban J connectivity index is 2.82. The highest BCUT2D eigenvalue weighted by Gasteiger charge is 1.97. The molecule has 2 aromatic rings. The summed E-state index contributed by atoms with van der Waals surface area (Å²) < 4.78 is 1.16. The van der Waals surface area contributed by atoms with Crippen molar-refractivity contribution in [1.29, 1.82) is 0 Å². The molecule has 0 aliphatic carbocycles. The average Bonchev–Trinajstić information content (AvgIpc) is 2.27. The largest absolute Gasteiger partial charge is 0.357 e. The van der Waals surface area contributed by atoms with Gasteiger partial charge in [-0.25, -0.2) is 0 Å². The molecule has 2 rings (SSSR count). The van der Waals surface area contributed by atoms with Gasteiger partial charge in [0.2, 0.25) is 0 Å². The van der Waals surface area contributed by atoms with Crippen molar-refractivity contribution in [2.24, 2.45) is 0 Å². The highest BCUT2D eigenvalue weighted by atomic mass is 127. The van der Waals surface area contributed by atoms with E-state index >= 15 is 0 Å². The molecule has 0 unspecified atom stereocenters. The first-order chi connectivity index (χ1) is 5.25. The van der Waals surface area contributed by atoms with Crippen molar-refractivity contribution in [3.05, 3.63) is 27.6 Å². The van der Waals surface area contributed by atoms with Crippen molar-refractivity contribution in [3.63, 3.8) is 0 Å². The van der Waals surface area contributed by atoms with Crippen LogP contribution in [0.1, 0.15) is 5.69 Å². The zero-order valence-electron chi connectivity index (χ0n) is 6.06. The van der Waals surface area contributed by atoms with E-state index < -0.39 is 0 Å². The van der Waals surface area contributed by atoms with Gasteiger partial charge in [-0.2, -0.15) is 0 Å². The molecule has 0 spiro atoms. The van der Waals surface area contributed by atoms with Crippen LogP contribution >= 0.6 is 22.6 Å². The van der Waals surface area contributed by atoms with E-state index in [1.807, 2.05) is 19.2 Å². The fraction of sp³-hybridized carbons (Fsp3) is 0.125. The second-order valence-corrected chi connectivity index (χ2v) is 3.78. The van der Waals surface area contributed by atoms with Crippen molar-refractivity contribution >= 4 is 33.6 Å². The number of nitrogens with one attached hydrogen (secondary N) is 1. The number of nitrogens with zero attached hydrogens (tertiary/aromatic N) is 1. The van der Waals surface area contributed by atoms with Crippen molar-refractivity contribution in [2.45, 2.75) is 6.92 Å². The average molecular weight is 258 g/mol. The van der Waals surface area contributed by atoms with Gasteiger partial charge in [0.15, 0.2) is 0 Å². The third-order valence-corrected chi connectivity index (χ3v) is 2.16. The number of fused-ring (bicyclic) bond motifs is 1. The molecule has 0 aromatic carbocycles. The van der Waals surface area contributed by atoms with Crippen molar-refractivity contribution in [3.8, 4) is 0 Å². The number of rotatable bonds is 0. The van der Waals surface area contributed by atoms with Crippen molar-refractivity contribution in [2.75, 3.05) is 0 Å². The molecule has 0 aliphatic rings. The summed E-state index contributed by atoms with van der Waals surface area (Å²) in [5, 5.41) is 0. The van der Waals surface area contributed by atoms with Gasteiger partial charge in [0.25, 0.3) is 0 Å². The summed E-state index contributed by atoms with van der Waals surface area (Å²) in [5.74, 6) is 0. The van der Waals surface area contributed by atoms with Gasteiger partial charge in [-0.3, -0.25) is 4.98 Å². The molecule has 56 valence electrons. The number of aromatic amines is 1. The monoisotopic (exact) mass is 258 g/mol. The second-order valence-electron chi connectivity index (χ2n) is 2.54. The molecule has 1 N–H and O–H groups in total. The Labute approximate surface area is 78.2 Å². The second kappa shape index (κ2) is 2.48. The van der Waals surface area contributed by atoms with Gasteiger partial charge in [-0.15, -0.1) is 0 Å². The molecular formula is C8H7IN2. The maximum Gasteiger partial charge on any atom is 0.0882 e. The number of halogens is 1. The summed E-state index contributed by atoms with van der Waals surface area (Å²) in [6, 6.07) is 4.14. The molecule has 2 aromatic heterocycles. The summed E-state index contributed by atoms with van der Waals surface area (Å²) in [6.45, 7) is 2.04. The molecule has 0 fully saturated rings. The highest BCUT2D eigenvalue weighted by Crippen LogP contribution is 2.14. The van der Waals surface area contributed by atoms with E-state index in [0.717, 1.165) is 20.3 Å². The van der Waals surface area contributed by atoms with Crippen LogP contribution in [0, 0.1) is 10.5 Å². The topological polar surface area (TPSA) is 28.7 Å². The van der Waals surface area contributed by atoms with Crippen LogP contribution in [0.25, 0.3) is 11.0 Å². The smallest absolute Gasteiger partial charge is 0.0882 e. The summed E-state index contributed by atoms with van der Waals surface area (Å²) in [4.78, 5) is 7.49. The zero-order valence-corrected chi connectivity index (χ0v) is 8.21. The molecule has 2 heterocycles. The number of pyridine rings is 1. The van der Waals surface area contributed by atoms with Crippen LogP contribution < -0.4 is 0 Å². The first-order valence-electron chi connectivity index (χ1n) is 3.36. The van der Waals surface area contributed by atoms with E-state index in [0.29, 0.717) is 0 Å². The molecule has 0 saturated carbocycles. The molecule has 0 bridgehead atoms. The quantitative estimate of drug-likeness (QED) is 0.722. The maximum atomic E-state index is 4.26. The van der Waals surface area contributed by atoms with Crippen LogP contribution in [0.3, 0.4) is 0 Å². The lowest BCUT2D eigenvalue weighted by atomic mass is 10.4. The number of H-pyrrole nitrogens is 1. The highest BCUT2D eigenvalue weighted by molar-refractivity contribution is 14.1. The lowest BCUT2D eigenvalue weighted by molar-refractivity contribution is 1.30. The molecule has 11 heavy (non-hydrogen) atoms. The minimum atomic E-state index is 1.04. The summed E-state index contributed by atoms with van der Waals surface area (Å²) >= 11 is 2.25. The van der Waals surface area contributed by atoms with Gasteiger partial charge in [0.1, 0.15) is 0 Å². The van der Waals surface area contributed by atoms with Crippen LogP contribution in [-0.2, 0) is 0 Å².